The molecule has 0 bridgehead atoms. The van der Waals surface area contributed by atoms with Gasteiger partial charge in [-0.1, -0.05) is 12.1 Å². The Morgan fingerprint density at radius 3 is 2.59 bits per heavy atom. The second kappa shape index (κ2) is 8.06. The third-order valence-electron chi connectivity index (χ3n) is 4.57. The summed E-state index contributed by atoms with van der Waals surface area (Å²) in [6, 6.07) is 11.8. The summed E-state index contributed by atoms with van der Waals surface area (Å²) in [5.41, 5.74) is 0.545. The number of carbonyl (C=O) groups is 1. The molecule has 2 aromatic rings. The van der Waals surface area contributed by atoms with E-state index in [0.717, 1.165) is 12.1 Å². The van der Waals surface area contributed by atoms with Gasteiger partial charge in [0.1, 0.15) is 11.6 Å². The maximum Gasteiger partial charge on any atom is 0.243 e. The molecule has 1 atom stereocenters. The number of amides is 1. The van der Waals surface area contributed by atoms with E-state index in [9.17, 15) is 17.6 Å². The topological polar surface area (TPSA) is 75.7 Å². The quantitative estimate of drug-likeness (QED) is 0.849. The molecule has 144 valence electrons. The third kappa shape index (κ3) is 4.28. The number of piperidine rings is 1. The van der Waals surface area contributed by atoms with Crippen LogP contribution in [-0.4, -0.2) is 38.8 Å². The number of methoxy groups -OCH3 is 1. The Morgan fingerprint density at radius 2 is 1.89 bits per heavy atom. The van der Waals surface area contributed by atoms with Crippen LogP contribution in [0.15, 0.2) is 53.4 Å². The third-order valence-corrected chi connectivity index (χ3v) is 6.45. The lowest BCUT2D eigenvalue weighted by Gasteiger charge is -2.31. The summed E-state index contributed by atoms with van der Waals surface area (Å²) < 4.78 is 45.1. The molecule has 1 saturated heterocycles. The second-order valence-corrected chi connectivity index (χ2v) is 8.28. The number of carbonyl (C=O) groups excluding carboxylic acids is 1. The van der Waals surface area contributed by atoms with E-state index in [1.165, 1.54) is 23.5 Å². The number of nitrogens with one attached hydrogen (secondary N) is 1. The van der Waals surface area contributed by atoms with E-state index >= 15 is 0 Å². The Balaban J connectivity index is 1.73. The number of hydrogen-bond acceptors (Lipinski definition) is 4. The molecule has 1 aliphatic rings. The van der Waals surface area contributed by atoms with Crippen LogP contribution < -0.4 is 10.1 Å². The first-order chi connectivity index (χ1) is 12.9. The highest BCUT2D eigenvalue weighted by Gasteiger charge is 2.33. The summed E-state index contributed by atoms with van der Waals surface area (Å²) >= 11 is 0. The van der Waals surface area contributed by atoms with Crippen LogP contribution >= 0.6 is 0 Å². The lowest BCUT2D eigenvalue weighted by atomic mass is 9.98. The number of ether oxygens (including phenoxy) is 1. The smallest absolute Gasteiger partial charge is 0.243 e. The fourth-order valence-corrected chi connectivity index (χ4v) is 4.64. The first-order valence-corrected chi connectivity index (χ1v) is 10.1. The molecule has 0 aromatic heterocycles. The van der Waals surface area contributed by atoms with Crippen LogP contribution in [0.3, 0.4) is 0 Å². The molecule has 1 heterocycles. The number of anilines is 1. The predicted molar refractivity (Wildman–Crippen MR) is 99.5 cm³/mol. The van der Waals surface area contributed by atoms with Gasteiger partial charge in [0, 0.05) is 13.1 Å². The largest absolute Gasteiger partial charge is 0.495 e. The molecule has 8 heteroatoms. The molecule has 1 aliphatic heterocycles. The molecule has 0 saturated carbocycles. The highest BCUT2D eigenvalue weighted by Crippen LogP contribution is 2.27. The predicted octanol–water partition coefficient (Wildman–Crippen LogP) is 2.87. The Bertz CT molecular complexity index is 916. The highest BCUT2D eigenvalue weighted by atomic mass is 32.2. The minimum atomic E-state index is -3.77. The fourth-order valence-electron chi connectivity index (χ4n) is 3.11. The van der Waals surface area contributed by atoms with Gasteiger partial charge in [-0.2, -0.15) is 4.31 Å². The van der Waals surface area contributed by atoms with Gasteiger partial charge >= 0.3 is 0 Å². The molecule has 0 spiro atoms. The number of para-hydroxylation sites is 2. The normalized spacial score (nSPS) is 18.1. The first-order valence-electron chi connectivity index (χ1n) is 8.61. The van der Waals surface area contributed by atoms with E-state index in [2.05, 4.69) is 5.32 Å². The summed E-state index contributed by atoms with van der Waals surface area (Å²) in [5.74, 6) is -0.684. The minimum Gasteiger partial charge on any atom is -0.495 e. The van der Waals surface area contributed by atoms with Crippen LogP contribution in [0.2, 0.25) is 0 Å². The van der Waals surface area contributed by atoms with Crippen LogP contribution in [0, 0.1) is 11.7 Å². The van der Waals surface area contributed by atoms with Crippen molar-refractivity contribution in [2.75, 3.05) is 25.5 Å². The van der Waals surface area contributed by atoms with E-state index in [1.807, 2.05) is 0 Å². The van der Waals surface area contributed by atoms with Gasteiger partial charge in [0.2, 0.25) is 15.9 Å². The van der Waals surface area contributed by atoms with E-state index in [1.54, 1.807) is 24.3 Å². The van der Waals surface area contributed by atoms with Crippen LogP contribution in [0.25, 0.3) is 0 Å². The second-order valence-electron chi connectivity index (χ2n) is 6.35. The molecule has 1 N–H and O–H groups in total. The molecule has 1 fully saturated rings. The summed E-state index contributed by atoms with van der Waals surface area (Å²) in [6.45, 7) is 0.416. The Morgan fingerprint density at radius 1 is 1.19 bits per heavy atom. The molecular formula is C19H21FN2O4S. The summed E-state index contributed by atoms with van der Waals surface area (Å²) in [7, 11) is -2.25. The van der Waals surface area contributed by atoms with Gasteiger partial charge in [-0.05, 0) is 49.2 Å². The molecule has 0 radical (unpaired) electrons. The average molecular weight is 392 g/mol. The molecule has 27 heavy (non-hydrogen) atoms. The van der Waals surface area contributed by atoms with Crippen LogP contribution in [-0.2, 0) is 14.8 Å². The number of halogens is 1. The van der Waals surface area contributed by atoms with E-state index < -0.39 is 21.8 Å². The van der Waals surface area contributed by atoms with Gasteiger partial charge < -0.3 is 10.1 Å². The lowest BCUT2D eigenvalue weighted by Crippen LogP contribution is -2.43. The number of nitrogens with zero attached hydrogens (tertiary/aromatic N) is 1. The van der Waals surface area contributed by atoms with E-state index in [0.29, 0.717) is 30.8 Å². The van der Waals surface area contributed by atoms with Gasteiger partial charge in [-0.15, -0.1) is 0 Å². The number of benzene rings is 2. The van der Waals surface area contributed by atoms with Gasteiger partial charge in [-0.25, -0.2) is 12.8 Å². The van der Waals surface area contributed by atoms with Crippen molar-refractivity contribution in [3.05, 3.63) is 54.3 Å². The van der Waals surface area contributed by atoms with Crippen molar-refractivity contribution in [3.63, 3.8) is 0 Å². The van der Waals surface area contributed by atoms with Crippen molar-refractivity contribution >= 4 is 21.6 Å². The lowest BCUT2D eigenvalue weighted by molar-refractivity contribution is -0.120. The molecular weight excluding hydrogens is 371 g/mol. The molecule has 0 aliphatic carbocycles. The van der Waals surface area contributed by atoms with Crippen molar-refractivity contribution in [1.82, 2.24) is 4.31 Å². The standard InChI is InChI=1S/C19H21FN2O4S/c1-26-18-7-3-2-6-17(18)21-19(23)14-5-4-12-22(13-14)27(24,25)16-10-8-15(20)9-11-16/h2-3,6-11,14H,4-5,12-13H2,1H3,(H,21,23)/t14-/m1/s1. The summed E-state index contributed by atoms with van der Waals surface area (Å²) in [6.07, 6.45) is 1.17. The molecule has 1 amide bonds. The Labute approximate surface area is 158 Å². The maximum atomic E-state index is 13.1. The van der Waals surface area contributed by atoms with Crippen molar-refractivity contribution in [3.8, 4) is 5.75 Å². The van der Waals surface area contributed by atoms with Gasteiger partial charge in [0.15, 0.2) is 0 Å². The Hall–Kier alpha value is -2.45. The monoisotopic (exact) mass is 392 g/mol. The van der Waals surface area contributed by atoms with E-state index in [-0.39, 0.29) is 17.3 Å². The van der Waals surface area contributed by atoms with E-state index in [4.69, 9.17) is 4.74 Å². The zero-order valence-corrected chi connectivity index (χ0v) is 15.7. The Kier molecular flexibility index (Phi) is 5.76. The van der Waals surface area contributed by atoms with Crippen molar-refractivity contribution < 1.29 is 22.3 Å². The zero-order chi connectivity index (χ0) is 19.4. The van der Waals surface area contributed by atoms with Crippen LogP contribution in [0.5, 0.6) is 5.75 Å². The average Bonchev–Trinajstić information content (AvgIpc) is 2.69. The van der Waals surface area contributed by atoms with Gasteiger partial charge in [-0.3, -0.25) is 4.79 Å². The molecule has 6 nitrogen and oxygen atoms in total. The van der Waals surface area contributed by atoms with Crippen molar-refractivity contribution in [1.29, 1.82) is 0 Å². The van der Waals surface area contributed by atoms with Gasteiger partial charge in [0.25, 0.3) is 0 Å². The minimum absolute atomic E-state index is 0.0229. The highest BCUT2D eigenvalue weighted by molar-refractivity contribution is 7.89. The van der Waals surface area contributed by atoms with Crippen molar-refractivity contribution in [2.24, 2.45) is 5.92 Å². The summed E-state index contributed by atoms with van der Waals surface area (Å²) in [4.78, 5) is 12.7. The molecule has 3 rings (SSSR count). The fraction of sp³-hybridized carbons (Fsp3) is 0.316. The summed E-state index contributed by atoms with van der Waals surface area (Å²) in [5, 5.41) is 2.82. The zero-order valence-electron chi connectivity index (χ0n) is 14.9. The molecule has 0 unspecified atom stereocenters. The van der Waals surface area contributed by atoms with Crippen molar-refractivity contribution in [2.45, 2.75) is 17.7 Å². The van der Waals surface area contributed by atoms with Gasteiger partial charge in [0.05, 0.1) is 23.6 Å². The number of rotatable bonds is 5. The maximum absolute atomic E-state index is 13.1. The first kappa shape index (κ1) is 19.3. The SMILES string of the molecule is COc1ccccc1NC(=O)[C@@H]1CCCN(S(=O)(=O)c2ccc(F)cc2)C1. The molecule has 2 aromatic carbocycles. The van der Waals surface area contributed by atoms with Crippen LogP contribution in [0.1, 0.15) is 12.8 Å². The number of hydrogen-bond donors (Lipinski definition) is 1. The van der Waals surface area contributed by atoms with Crippen LogP contribution in [0.4, 0.5) is 10.1 Å². The number of sulfonamides is 1.